The minimum absolute atomic E-state index is 0.123. The smallest absolute Gasteiger partial charge is 0.263 e. The summed E-state index contributed by atoms with van der Waals surface area (Å²) in [7, 11) is -3.56. The SMILES string of the molecule is CS(=O)(=O)N1CCC(C(=O)N2CCN(c3ccc(F)cc3)CC2)Oc2ccc(Cl)cc21. The summed E-state index contributed by atoms with van der Waals surface area (Å²) in [6.07, 6.45) is 0.564. The van der Waals surface area contributed by atoms with Gasteiger partial charge in [-0.1, -0.05) is 11.6 Å². The van der Waals surface area contributed by atoms with Gasteiger partial charge in [0, 0.05) is 49.9 Å². The highest BCUT2D eigenvalue weighted by atomic mass is 35.5. The first-order valence-electron chi connectivity index (χ1n) is 9.95. The van der Waals surface area contributed by atoms with Crippen LogP contribution in [0.4, 0.5) is 15.8 Å². The number of halogens is 2. The number of benzene rings is 2. The highest BCUT2D eigenvalue weighted by Crippen LogP contribution is 2.36. The van der Waals surface area contributed by atoms with E-state index in [0.717, 1.165) is 11.9 Å². The summed E-state index contributed by atoms with van der Waals surface area (Å²) >= 11 is 6.06. The van der Waals surface area contributed by atoms with Gasteiger partial charge in [0.1, 0.15) is 11.6 Å². The van der Waals surface area contributed by atoms with Crippen LogP contribution in [0.15, 0.2) is 42.5 Å². The number of piperazine rings is 1. The van der Waals surface area contributed by atoms with Crippen LogP contribution < -0.4 is 13.9 Å². The van der Waals surface area contributed by atoms with Gasteiger partial charge in [0.2, 0.25) is 10.0 Å². The summed E-state index contributed by atoms with van der Waals surface area (Å²) in [5, 5.41) is 0.387. The summed E-state index contributed by atoms with van der Waals surface area (Å²) in [5.41, 5.74) is 1.25. The van der Waals surface area contributed by atoms with E-state index in [1.165, 1.54) is 22.5 Å². The Morgan fingerprint density at radius 3 is 2.39 bits per heavy atom. The van der Waals surface area contributed by atoms with Gasteiger partial charge >= 0.3 is 0 Å². The Balaban J connectivity index is 1.47. The zero-order valence-electron chi connectivity index (χ0n) is 17.0. The second-order valence-corrected chi connectivity index (χ2v) is 9.97. The number of nitrogens with zero attached hydrogens (tertiary/aromatic N) is 3. The Morgan fingerprint density at radius 1 is 1.06 bits per heavy atom. The number of hydrogen-bond donors (Lipinski definition) is 0. The molecule has 2 heterocycles. The second kappa shape index (κ2) is 8.55. The van der Waals surface area contributed by atoms with Crippen molar-refractivity contribution < 1.29 is 22.3 Å². The predicted octanol–water partition coefficient (Wildman–Crippen LogP) is 2.75. The van der Waals surface area contributed by atoms with Crippen molar-refractivity contribution in [2.45, 2.75) is 12.5 Å². The molecule has 4 rings (SSSR count). The Hall–Kier alpha value is -2.52. The molecular formula is C21H23ClFN3O4S. The molecule has 31 heavy (non-hydrogen) atoms. The largest absolute Gasteiger partial charge is 0.478 e. The van der Waals surface area contributed by atoms with Crippen LogP contribution in [0.2, 0.25) is 5.02 Å². The van der Waals surface area contributed by atoms with Gasteiger partial charge in [-0.2, -0.15) is 0 Å². The van der Waals surface area contributed by atoms with E-state index in [-0.39, 0.29) is 24.7 Å². The highest BCUT2D eigenvalue weighted by molar-refractivity contribution is 7.92. The molecule has 2 aliphatic heterocycles. The quantitative estimate of drug-likeness (QED) is 0.694. The maximum atomic E-state index is 13.2. The van der Waals surface area contributed by atoms with E-state index in [1.807, 2.05) is 0 Å². The van der Waals surface area contributed by atoms with Gasteiger partial charge in [0.25, 0.3) is 5.91 Å². The molecule has 0 N–H and O–H groups in total. The van der Waals surface area contributed by atoms with Crippen LogP contribution in [0, 0.1) is 5.82 Å². The molecule has 0 saturated carbocycles. The van der Waals surface area contributed by atoms with Crippen LogP contribution in [-0.2, 0) is 14.8 Å². The van der Waals surface area contributed by atoms with Crippen molar-refractivity contribution in [2.24, 2.45) is 0 Å². The van der Waals surface area contributed by atoms with Crippen molar-refractivity contribution in [3.8, 4) is 5.75 Å². The molecule has 1 saturated heterocycles. The Morgan fingerprint density at radius 2 is 1.74 bits per heavy atom. The first-order chi connectivity index (χ1) is 14.7. The van der Waals surface area contributed by atoms with E-state index < -0.39 is 16.1 Å². The number of fused-ring (bicyclic) bond motifs is 1. The van der Waals surface area contributed by atoms with Crippen LogP contribution >= 0.6 is 11.6 Å². The molecule has 0 aromatic heterocycles. The summed E-state index contributed by atoms with van der Waals surface area (Å²) in [6, 6.07) is 11.0. The topological polar surface area (TPSA) is 70.2 Å². The van der Waals surface area contributed by atoms with Crippen molar-refractivity contribution in [1.82, 2.24) is 4.90 Å². The monoisotopic (exact) mass is 467 g/mol. The van der Waals surface area contributed by atoms with Gasteiger partial charge in [-0.3, -0.25) is 9.10 Å². The molecular weight excluding hydrogens is 445 g/mol. The molecule has 1 amide bonds. The van der Waals surface area contributed by atoms with Gasteiger partial charge in [-0.15, -0.1) is 0 Å². The number of sulfonamides is 1. The first kappa shape index (κ1) is 21.7. The molecule has 0 spiro atoms. The zero-order chi connectivity index (χ0) is 22.2. The average molecular weight is 468 g/mol. The lowest BCUT2D eigenvalue weighted by molar-refractivity contribution is -0.139. The van der Waals surface area contributed by atoms with Gasteiger partial charge in [0.15, 0.2) is 6.10 Å². The number of amides is 1. The minimum Gasteiger partial charge on any atom is -0.478 e. The number of rotatable bonds is 3. The van der Waals surface area contributed by atoms with E-state index in [4.69, 9.17) is 16.3 Å². The lowest BCUT2D eigenvalue weighted by Gasteiger charge is -2.37. The molecule has 1 unspecified atom stereocenters. The normalized spacial score (nSPS) is 19.5. The van der Waals surface area contributed by atoms with Crippen molar-refractivity contribution in [1.29, 1.82) is 0 Å². The fraction of sp³-hybridized carbons (Fsp3) is 0.381. The zero-order valence-corrected chi connectivity index (χ0v) is 18.6. The molecule has 2 aromatic rings. The molecule has 1 fully saturated rings. The summed E-state index contributed by atoms with van der Waals surface area (Å²) < 4.78 is 44.9. The van der Waals surface area contributed by atoms with Crippen LogP contribution in [0.25, 0.3) is 0 Å². The van der Waals surface area contributed by atoms with E-state index >= 15 is 0 Å². The molecule has 10 heteroatoms. The fourth-order valence-corrected chi connectivity index (χ4v) is 5.01. The third-order valence-corrected chi connectivity index (χ3v) is 6.93. The summed E-state index contributed by atoms with van der Waals surface area (Å²) in [5.74, 6) is -0.140. The Bertz CT molecular complexity index is 1070. The molecule has 166 valence electrons. The number of anilines is 2. The van der Waals surface area contributed by atoms with E-state index in [0.29, 0.717) is 42.6 Å². The molecule has 0 bridgehead atoms. The van der Waals surface area contributed by atoms with E-state index in [1.54, 1.807) is 29.2 Å². The molecule has 7 nitrogen and oxygen atoms in total. The lowest BCUT2D eigenvalue weighted by atomic mass is 10.2. The van der Waals surface area contributed by atoms with Gasteiger partial charge < -0.3 is 14.5 Å². The van der Waals surface area contributed by atoms with Crippen LogP contribution in [0.3, 0.4) is 0 Å². The molecule has 0 radical (unpaired) electrons. The van der Waals surface area contributed by atoms with Gasteiger partial charge in [-0.05, 0) is 42.5 Å². The first-order valence-corrected chi connectivity index (χ1v) is 12.2. The third-order valence-electron chi connectivity index (χ3n) is 5.51. The third kappa shape index (κ3) is 4.72. The van der Waals surface area contributed by atoms with Crippen molar-refractivity contribution in [2.75, 3.05) is 48.2 Å². The van der Waals surface area contributed by atoms with Crippen LogP contribution in [0.1, 0.15) is 6.42 Å². The molecule has 0 aliphatic carbocycles. The summed E-state index contributed by atoms with van der Waals surface area (Å²) in [4.78, 5) is 17.0. The Labute approximate surface area is 186 Å². The highest BCUT2D eigenvalue weighted by Gasteiger charge is 2.34. The standard InChI is InChI=1S/C21H23ClFN3O4S/c1-31(28,29)26-9-8-20(30-19-7-2-15(22)14-18(19)26)21(27)25-12-10-24(11-13-25)17-5-3-16(23)4-6-17/h2-7,14,20H,8-13H2,1H3. The maximum absolute atomic E-state index is 13.2. The predicted molar refractivity (Wildman–Crippen MR) is 118 cm³/mol. The number of hydrogen-bond acceptors (Lipinski definition) is 5. The lowest BCUT2D eigenvalue weighted by Crippen LogP contribution is -2.52. The van der Waals surface area contributed by atoms with Crippen molar-refractivity contribution in [3.63, 3.8) is 0 Å². The van der Waals surface area contributed by atoms with Gasteiger partial charge in [0.05, 0.1) is 11.9 Å². The molecule has 1 atom stereocenters. The Kier molecular flexibility index (Phi) is 5.98. The average Bonchev–Trinajstić information content (AvgIpc) is 2.93. The van der Waals surface area contributed by atoms with Gasteiger partial charge in [-0.25, -0.2) is 12.8 Å². The van der Waals surface area contributed by atoms with Crippen molar-refractivity contribution in [3.05, 3.63) is 53.3 Å². The van der Waals surface area contributed by atoms with Crippen LogP contribution in [-0.4, -0.2) is 64.3 Å². The minimum atomic E-state index is -3.56. The van der Waals surface area contributed by atoms with Crippen molar-refractivity contribution >= 4 is 38.9 Å². The number of ether oxygens (including phenoxy) is 1. The summed E-state index contributed by atoms with van der Waals surface area (Å²) in [6.45, 7) is 2.36. The number of carbonyl (C=O) groups is 1. The molecule has 2 aromatic carbocycles. The number of carbonyl (C=O) groups excluding carboxylic acids is 1. The second-order valence-electron chi connectivity index (χ2n) is 7.63. The van der Waals surface area contributed by atoms with Crippen LogP contribution in [0.5, 0.6) is 5.75 Å². The van der Waals surface area contributed by atoms with E-state index in [2.05, 4.69) is 4.90 Å². The fourth-order valence-electron chi connectivity index (χ4n) is 3.91. The van der Waals surface area contributed by atoms with E-state index in [9.17, 15) is 17.6 Å². The molecule has 2 aliphatic rings. The maximum Gasteiger partial charge on any atom is 0.263 e.